The zero-order chi connectivity index (χ0) is 14.8. The molecule has 0 bridgehead atoms. The molecule has 106 valence electrons. The first-order chi connectivity index (χ1) is 10.1. The molecule has 3 nitrogen and oxygen atoms in total. The van der Waals surface area contributed by atoms with E-state index in [0.29, 0.717) is 10.7 Å². The van der Waals surface area contributed by atoms with Crippen LogP contribution in [0.5, 0.6) is 0 Å². The number of thiophene rings is 1. The molecule has 21 heavy (non-hydrogen) atoms. The highest BCUT2D eigenvalue weighted by molar-refractivity contribution is 7.16. The second-order valence-corrected chi connectivity index (χ2v) is 7.01. The summed E-state index contributed by atoms with van der Waals surface area (Å²) in [5.74, 6) is -0.104. The minimum absolute atomic E-state index is 0.104. The van der Waals surface area contributed by atoms with E-state index >= 15 is 0 Å². The molecule has 0 spiro atoms. The molecule has 0 saturated carbocycles. The molecule has 3 aromatic rings. The van der Waals surface area contributed by atoms with Gasteiger partial charge in [0.15, 0.2) is 5.13 Å². The summed E-state index contributed by atoms with van der Waals surface area (Å²) in [6, 6.07) is 11.9. The summed E-state index contributed by atoms with van der Waals surface area (Å²) in [6.07, 6.45) is 0. The summed E-state index contributed by atoms with van der Waals surface area (Å²) in [7, 11) is 0. The van der Waals surface area contributed by atoms with Crippen molar-refractivity contribution < 1.29 is 4.79 Å². The molecule has 2 aromatic heterocycles. The van der Waals surface area contributed by atoms with E-state index < -0.39 is 0 Å². The molecule has 0 aliphatic rings. The highest BCUT2D eigenvalue weighted by Gasteiger charge is 2.13. The van der Waals surface area contributed by atoms with Crippen LogP contribution >= 0.6 is 22.7 Å². The van der Waals surface area contributed by atoms with Crippen LogP contribution in [0.2, 0.25) is 0 Å². The number of anilines is 1. The van der Waals surface area contributed by atoms with Crippen molar-refractivity contribution in [3.8, 4) is 11.3 Å². The van der Waals surface area contributed by atoms with Gasteiger partial charge in [-0.25, -0.2) is 4.98 Å². The van der Waals surface area contributed by atoms with Gasteiger partial charge in [0.25, 0.3) is 5.91 Å². The minimum Gasteiger partial charge on any atom is -0.298 e. The molecule has 1 aromatic carbocycles. The molecule has 0 fully saturated rings. The number of thiazole rings is 1. The van der Waals surface area contributed by atoms with Crippen molar-refractivity contribution in [2.45, 2.75) is 13.8 Å². The second kappa shape index (κ2) is 5.79. The number of amides is 1. The summed E-state index contributed by atoms with van der Waals surface area (Å²) < 4.78 is 0. The third-order valence-electron chi connectivity index (χ3n) is 3.06. The topological polar surface area (TPSA) is 42.0 Å². The Morgan fingerprint density at radius 3 is 2.62 bits per heavy atom. The molecule has 3 rings (SSSR count). The monoisotopic (exact) mass is 314 g/mol. The van der Waals surface area contributed by atoms with Crippen LogP contribution in [-0.4, -0.2) is 10.9 Å². The molecule has 0 atom stereocenters. The first-order valence-corrected chi connectivity index (χ1v) is 8.22. The molecule has 0 saturated heterocycles. The Bertz CT molecular complexity index is 775. The number of aryl methyl sites for hydroxylation is 2. The largest absolute Gasteiger partial charge is 0.298 e. The lowest BCUT2D eigenvalue weighted by Gasteiger charge is -1.98. The van der Waals surface area contributed by atoms with E-state index in [-0.39, 0.29) is 5.91 Å². The van der Waals surface area contributed by atoms with Crippen LogP contribution in [0.25, 0.3) is 11.3 Å². The molecule has 0 radical (unpaired) electrons. The van der Waals surface area contributed by atoms with Crippen molar-refractivity contribution in [3.05, 3.63) is 57.1 Å². The summed E-state index contributed by atoms with van der Waals surface area (Å²) in [4.78, 5) is 18.9. The van der Waals surface area contributed by atoms with Gasteiger partial charge < -0.3 is 0 Å². The number of carbonyl (C=O) groups is 1. The van der Waals surface area contributed by atoms with Crippen molar-refractivity contribution in [3.63, 3.8) is 0 Å². The third-order valence-corrected chi connectivity index (χ3v) is 4.80. The van der Waals surface area contributed by atoms with Crippen LogP contribution in [0.4, 0.5) is 5.13 Å². The number of carbonyl (C=O) groups excluding carboxylic acids is 1. The van der Waals surface area contributed by atoms with Gasteiger partial charge in [0.05, 0.1) is 11.3 Å². The van der Waals surface area contributed by atoms with Gasteiger partial charge >= 0.3 is 0 Å². The average Bonchev–Trinajstić information content (AvgIpc) is 3.06. The Balaban J connectivity index is 1.83. The summed E-state index contributed by atoms with van der Waals surface area (Å²) in [6.45, 7) is 4.01. The highest BCUT2D eigenvalue weighted by atomic mass is 32.1. The van der Waals surface area contributed by atoms with Gasteiger partial charge in [-0.1, -0.05) is 30.3 Å². The lowest BCUT2D eigenvalue weighted by atomic mass is 10.1. The molecule has 2 heterocycles. The quantitative estimate of drug-likeness (QED) is 0.758. The molecule has 1 amide bonds. The minimum atomic E-state index is -0.104. The fraction of sp³-hybridized carbons (Fsp3) is 0.125. The van der Waals surface area contributed by atoms with Crippen LogP contribution in [0.1, 0.15) is 20.1 Å². The fourth-order valence-corrected chi connectivity index (χ4v) is 3.56. The average molecular weight is 314 g/mol. The van der Waals surface area contributed by atoms with E-state index in [9.17, 15) is 4.79 Å². The number of nitrogens with zero attached hydrogens (tertiary/aromatic N) is 1. The summed E-state index contributed by atoms with van der Waals surface area (Å²) in [5.41, 5.74) is 2.68. The van der Waals surface area contributed by atoms with E-state index in [1.807, 2.05) is 55.6 Å². The van der Waals surface area contributed by atoms with Gasteiger partial charge in [-0.05, 0) is 19.9 Å². The number of nitrogens with one attached hydrogen (secondary N) is 1. The Hall–Kier alpha value is -1.98. The van der Waals surface area contributed by atoms with E-state index in [1.165, 1.54) is 11.3 Å². The van der Waals surface area contributed by atoms with Gasteiger partial charge in [0.1, 0.15) is 0 Å². The van der Waals surface area contributed by atoms with E-state index in [1.54, 1.807) is 11.3 Å². The van der Waals surface area contributed by atoms with Gasteiger partial charge in [0.2, 0.25) is 0 Å². The zero-order valence-electron chi connectivity index (χ0n) is 11.7. The standard InChI is InChI=1S/C16H14N2OS2/c1-10-8-13(9-20-10)15(19)18-16-17-14(11(2)21-16)12-6-4-3-5-7-12/h3-9H,1-2H3,(H,17,18,19). The number of aromatic nitrogens is 1. The van der Waals surface area contributed by atoms with Crippen molar-refractivity contribution >= 4 is 33.7 Å². The number of benzene rings is 1. The highest BCUT2D eigenvalue weighted by Crippen LogP contribution is 2.30. The molecule has 0 aliphatic heterocycles. The Morgan fingerprint density at radius 1 is 1.19 bits per heavy atom. The van der Waals surface area contributed by atoms with E-state index in [2.05, 4.69) is 10.3 Å². The lowest BCUT2D eigenvalue weighted by molar-refractivity contribution is 0.102. The fourth-order valence-electron chi connectivity index (χ4n) is 2.05. The van der Waals surface area contributed by atoms with Crippen LogP contribution < -0.4 is 5.32 Å². The van der Waals surface area contributed by atoms with Gasteiger partial charge in [0, 0.05) is 20.7 Å². The number of hydrogen-bond donors (Lipinski definition) is 1. The summed E-state index contributed by atoms with van der Waals surface area (Å²) in [5, 5.41) is 5.38. The van der Waals surface area contributed by atoms with Gasteiger partial charge in [-0.2, -0.15) is 0 Å². The summed E-state index contributed by atoms with van der Waals surface area (Å²) >= 11 is 3.07. The van der Waals surface area contributed by atoms with Crippen LogP contribution in [0.15, 0.2) is 41.8 Å². The predicted octanol–water partition coefficient (Wildman–Crippen LogP) is 4.74. The SMILES string of the molecule is Cc1cc(C(=O)Nc2nc(-c3ccccc3)c(C)s2)cs1. The van der Waals surface area contributed by atoms with Crippen LogP contribution in [0, 0.1) is 13.8 Å². The first kappa shape index (κ1) is 14.0. The molecule has 1 N–H and O–H groups in total. The Morgan fingerprint density at radius 2 is 1.95 bits per heavy atom. The molecule has 0 aliphatic carbocycles. The van der Waals surface area contributed by atoms with Gasteiger partial charge in [-0.15, -0.1) is 22.7 Å². The molecular weight excluding hydrogens is 300 g/mol. The first-order valence-electron chi connectivity index (χ1n) is 6.53. The normalized spacial score (nSPS) is 10.6. The maximum Gasteiger partial charge on any atom is 0.258 e. The lowest BCUT2D eigenvalue weighted by Crippen LogP contribution is -2.10. The van der Waals surface area contributed by atoms with Crippen molar-refractivity contribution in [1.29, 1.82) is 0 Å². The maximum atomic E-state index is 12.1. The van der Waals surface area contributed by atoms with Crippen molar-refractivity contribution in [2.75, 3.05) is 5.32 Å². The zero-order valence-corrected chi connectivity index (χ0v) is 13.3. The van der Waals surface area contributed by atoms with Crippen LogP contribution in [0.3, 0.4) is 0 Å². The van der Waals surface area contributed by atoms with Crippen LogP contribution in [-0.2, 0) is 0 Å². The molecular formula is C16H14N2OS2. The second-order valence-electron chi connectivity index (χ2n) is 4.69. The Labute approximate surface area is 131 Å². The Kier molecular flexibility index (Phi) is 3.86. The predicted molar refractivity (Wildman–Crippen MR) is 89.3 cm³/mol. The third kappa shape index (κ3) is 3.04. The van der Waals surface area contributed by atoms with E-state index in [0.717, 1.165) is 21.0 Å². The molecule has 0 unspecified atom stereocenters. The van der Waals surface area contributed by atoms with E-state index in [4.69, 9.17) is 0 Å². The van der Waals surface area contributed by atoms with Crippen molar-refractivity contribution in [1.82, 2.24) is 4.98 Å². The number of hydrogen-bond acceptors (Lipinski definition) is 4. The molecule has 5 heteroatoms. The number of rotatable bonds is 3. The smallest absolute Gasteiger partial charge is 0.258 e. The van der Waals surface area contributed by atoms with Crippen molar-refractivity contribution in [2.24, 2.45) is 0 Å². The van der Waals surface area contributed by atoms with Gasteiger partial charge in [-0.3, -0.25) is 10.1 Å². The maximum absolute atomic E-state index is 12.1.